The number of aryl methyl sites for hydroxylation is 1. The Hall–Kier alpha value is -3.74. The molecule has 0 fully saturated rings. The number of carbonyl (C=O) groups excluding carboxylic acids is 2. The number of methoxy groups -OCH3 is 2. The first-order valence-corrected chi connectivity index (χ1v) is 10.4. The Labute approximate surface area is 188 Å². The molecule has 0 aliphatic carbocycles. The second-order valence-electron chi connectivity index (χ2n) is 7.42. The zero-order valence-electron chi connectivity index (χ0n) is 19.1. The number of rotatable bonds is 8. The molecule has 0 saturated carbocycles. The molecule has 32 heavy (non-hydrogen) atoms. The summed E-state index contributed by atoms with van der Waals surface area (Å²) in [5, 5.41) is 2.83. The van der Waals surface area contributed by atoms with Crippen molar-refractivity contribution < 1.29 is 19.1 Å². The first-order chi connectivity index (χ1) is 15.4. The standard InChI is InChI=1S/C25H29N3O4/c1-6-27(16-24(29)26-19-8-7-9-22(15-19)32-5)25(30)23-14-17(2)28(18(23)3)20-10-12-21(31-4)13-11-20/h7-15H,6,16H2,1-5H3,(H,26,29). The number of aromatic nitrogens is 1. The van der Waals surface area contributed by atoms with Crippen molar-refractivity contribution in [1.82, 2.24) is 9.47 Å². The molecule has 7 heteroatoms. The molecule has 1 aromatic heterocycles. The van der Waals surface area contributed by atoms with Crippen molar-refractivity contribution in [2.45, 2.75) is 20.8 Å². The fourth-order valence-corrected chi connectivity index (χ4v) is 3.68. The van der Waals surface area contributed by atoms with Crippen LogP contribution in [0, 0.1) is 13.8 Å². The van der Waals surface area contributed by atoms with Gasteiger partial charge in [-0.3, -0.25) is 9.59 Å². The highest BCUT2D eigenvalue weighted by atomic mass is 16.5. The summed E-state index contributed by atoms with van der Waals surface area (Å²) in [5.74, 6) is 0.975. The number of likely N-dealkylation sites (N-methyl/N-ethyl adjacent to an activating group) is 1. The summed E-state index contributed by atoms with van der Waals surface area (Å²) < 4.78 is 12.4. The highest BCUT2D eigenvalue weighted by molar-refractivity contribution is 6.00. The normalized spacial score (nSPS) is 10.5. The fraction of sp³-hybridized carbons (Fsp3) is 0.280. The zero-order valence-corrected chi connectivity index (χ0v) is 19.1. The molecule has 3 aromatic rings. The second kappa shape index (κ2) is 10.0. The summed E-state index contributed by atoms with van der Waals surface area (Å²) in [6.07, 6.45) is 0. The first kappa shape index (κ1) is 22.9. The van der Waals surface area contributed by atoms with Crippen LogP contribution in [0.1, 0.15) is 28.7 Å². The van der Waals surface area contributed by atoms with Crippen LogP contribution in [0.3, 0.4) is 0 Å². The maximum absolute atomic E-state index is 13.3. The minimum atomic E-state index is -0.266. The Balaban J connectivity index is 1.78. The molecule has 0 unspecified atom stereocenters. The molecule has 0 bridgehead atoms. The predicted octanol–water partition coefficient (Wildman–Crippen LogP) is 4.21. The van der Waals surface area contributed by atoms with Crippen LogP contribution >= 0.6 is 0 Å². The lowest BCUT2D eigenvalue weighted by Crippen LogP contribution is -2.38. The number of ether oxygens (including phenoxy) is 2. The number of anilines is 1. The Morgan fingerprint density at radius 3 is 2.28 bits per heavy atom. The zero-order chi connectivity index (χ0) is 23.3. The summed E-state index contributed by atoms with van der Waals surface area (Å²) in [6.45, 7) is 6.10. The largest absolute Gasteiger partial charge is 0.497 e. The summed E-state index contributed by atoms with van der Waals surface area (Å²) in [5.41, 5.74) is 3.90. The van der Waals surface area contributed by atoms with Crippen LogP contribution in [0.4, 0.5) is 5.69 Å². The van der Waals surface area contributed by atoms with Crippen LogP contribution in [-0.2, 0) is 4.79 Å². The number of nitrogens with one attached hydrogen (secondary N) is 1. The predicted molar refractivity (Wildman–Crippen MR) is 125 cm³/mol. The molecule has 2 amide bonds. The molecule has 168 valence electrons. The highest BCUT2D eigenvalue weighted by Crippen LogP contribution is 2.24. The number of hydrogen-bond acceptors (Lipinski definition) is 4. The summed E-state index contributed by atoms with van der Waals surface area (Å²) in [4.78, 5) is 27.4. The second-order valence-corrected chi connectivity index (χ2v) is 7.42. The van der Waals surface area contributed by atoms with E-state index in [9.17, 15) is 9.59 Å². The highest BCUT2D eigenvalue weighted by Gasteiger charge is 2.23. The monoisotopic (exact) mass is 435 g/mol. The molecule has 1 heterocycles. The van der Waals surface area contributed by atoms with Gasteiger partial charge in [-0.2, -0.15) is 0 Å². The Bertz CT molecular complexity index is 1100. The summed E-state index contributed by atoms with van der Waals surface area (Å²) >= 11 is 0. The van der Waals surface area contributed by atoms with Crippen molar-refractivity contribution in [2.24, 2.45) is 0 Å². The van der Waals surface area contributed by atoms with Gasteiger partial charge in [0.1, 0.15) is 18.0 Å². The third-order valence-electron chi connectivity index (χ3n) is 5.35. The van der Waals surface area contributed by atoms with E-state index in [1.165, 1.54) is 4.90 Å². The van der Waals surface area contributed by atoms with E-state index in [2.05, 4.69) is 5.32 Å². The molecule has 0 atom stereocenters. The SMILES string of the molecule is CCN(CC(=O)Nc1cccc(OC)c1)C(=O)c1cc(C)n(-c2ccc(OC)cc2)c1C. The lowest BCUT2D eigenvalue weighted by atomic mass is 10.2. The van der Waals surface area contributed by atoms with Gasteiger partial charge in [0.2, 0.25) is 5.91 Å². The molecular weight excluding hydrogens is 406 g/mol. The van der Waals surface area contributed by atoms with Crippen LogP contribution in [0.5, 0.6) is 11.5 Å². The number of nitrogens with zero attached hydrogens (tertiary/aromatic N) is 2. The van der Waals surface area contributed by atoms with Crippen molar-refractivity contribution >= 4 is 17.5 Å². The average molecular weight is 436 g/mol. The van der Waals surface area contributed by atoms with Gasteiger partial charge in [0.05, 0.1) is 19.8 Å². The van der Waals surface area contributed by atoms with Gasteiger partial charge in [-0.1, -0.05) is 6.07 Å². The minimum absolute atomic E-state index is 0.0429. The number of hydrogen-bond donors (Lipinski definition) is 1. The van der Waals surface area contributed by atoms with E-state index in [0.717, 1.165) is 22.8 Å². The van der Waals surface area contributed by atoms with Crippen LogP contribution in [-0.4, -0.2) is 48.6 Å². The molecule has 2 aromatic carbocycles. The van der Waals surface area contributed by atoms with Crippen molar-refractivity contribution in [3.63, 3.8) is 0 Å². The minimum Gasteiger partial charge on any atom is -0.497 e. The lowest BCUT2D eigenvalue weighted by Gasteiger charge is -2.20. The van der Waals surface area contributed by atoms with E-state index in [4.69, 9.17) is 9.47 Å². The summed E-state index contributed by atoms with van der Waals surface area (Å²) in [7, 11) is 3.20. The van der Waals surface area contributed by atoms with Crippen LogP contribution < -0.4 is 14.8 Å². The molecule has 3 rings (SSSR count). The summed E-state index contributed by atoms with van der Waals surface area (Å²) in [6, 6.07) is 16.7. The number of benzene rings is 2. The van der Waals surface area contributed by atoms with E-state index in [-0.39, 0.29) is 18.4 Å². The van der Waals surface area contributed by atoms with Crippen LogP contribution in [0.15, 0.2) is 54.6 Å². The lowest BCUT2D eigenvalue weighted by molar-refractivity contribution is -0.116. The molecule has 0 saturated heterocycles. The first-order valence-electron chi connectivity index (χ1n) is 10.4. The average Bonchev–Trinajstić information content (AvgIpc) is 3.10. The molecule has 1 N–H and O–H groups in total. The van der Waals surface area contributed by atoms with E-state index >= 15 is 0 Å². The van der Waals surface area contributed by atoms with Gasteiger partial charge >= 0.3 is 0 Å². The van der Waals surface area contributed by atoms with Gasteiger partial charge in [0.25, 0.3) is 5.91 Å². The molecule has 0 aliphatic rings. The number of carbonyl (C=O) groups is 2. The maximum atomic E-state index is 13.3. The van der Waals surface area contributed by atoms with Gasteiger partial charge in [-0.05, 0) is 63.2 Å². The van der Waals surface area contributed by atoms with Gasteiger partial charge in [-0.25, -0.2) is 0 Å². The molecular formula is C25H29N3O4. The smallest absolute Gasteiger partial charge is 0.256 e. The van der Waals surface area contributed by atoms with Crippen LogP contribution in [0.25, 0.3) is 5.69 Å². The van der Waals surface area contributed by atoms with E-state index in [1.54, 1.807) is 38.5 Å². The van der Waals surface area contributed by atoms with Gasteiger partial charge in [0.15, 0.2) is 0 Å². The molecule has 0 radical (unpaired) electrons. The van der Waals surface area contributed by atoms with Crippen molar-refractivity contribution in [2.75, 3.05) is 32.6 Å². The van der Waals surface area contributed by atoms with E-state index in [0.29, 0.717) is 23.5 Å². The van der Waals surface area contributed by atoms with Crippen molar-refractivity contribution in [3.05, 3.63) is 71.5 Å². The van der Waals surface area contributed by atoms with Gasteiger partial charge in [0, 0.05) is 35.4 Å². The molecule has 0 spiro atoms. The fourth-order valence-electron chi connectivity index (χ4n) is 3.68. The maximum Gasteiger partial charge on any atom is 0.256 e. The molecule has 7 nitrogen and oxygen atoms in total. The van der Waals surface area contributed by atoms with Gasteiger partial charge in [-0.15, -0.1) is 0 Å². The Morgan fingerprint density at radius 1 is 0.969 bits per heavy atom. The topological polar surface area (TPSA) is 72.8 Å². The van der Waals surface area contributed by atoms with E-state index in [1.807, 2.05) is 55.7 Å². The van der Waals surface area contributed by atoms with E-state index < -0.39 is 0 Å². The molecule has 0 aliphatic heterocycles. The third kappa shape index (κ3) is 4.94. The number of amides is 2. The van der Waals surface area contributed by atoms with Crippen molar-refractivity contribution in [3.8, 4) is 17.2 Å². The van der Waals surface area contributed by atoms with Crippen molar-refractivity contribution in [1.29, 1.82) is 0 Å². The third-order valence-corrected chi connectivity index (χ3v) is 5.35. The van der Waals surface area contributed by atoms with Gasteiger partial charge < -0.3 is 24.3 Å². The Morgan fingerprint density at radius 2 is 1.66 bits per heavy atom. The van der Waals surface area contributed by atoms with Crippen LogP contribution in [0.2, 0.25) is 0 Å². The Kier molecular flexibility index (Phi) is 7.20. The quantitative estimate of drug-likeness (QED) is 0.575.